The molecule has 0 aliphatic rings. The lowest BCUT2D eigenvalue weighted by molar-refractivity contribution is -0.163. The predicted molar refractivity (Wildman–Crippen MR) is 69.2 cm³/mol. The molecular formula is C13H24FNO4. The standard InChI is InChI=1S/C13H24FNO4/c1-12(2,3)18-10(16)8(14)7-9(15)11(17)19-13(4,5)6/h8-9H,7,15H2,1-6H3/t8-,9-/m1/s1. The average molecular weight is 277 g/mol. The lowest BCUT2D eigenvalue weighted by atomic mass is 10.1. The zero-order chi connectivity index (χ0) is 15.4. The molecule has 0 saturated heterocycles. The van der Waals surface area contributed by atoms with Gasteiger partial charge in [0.2, 0.25) is 0 Å². The summed E-state index contributed by atoms with van der Waals surface area (Å²) >= 11 is 0. The Kier molecular flexibility index (Phi) is 5.93. The Morgan fingerprint density at radius 3 is 1.74 bits per heavy atom. The van der Waals surface area contributed by atoms with Gasteiger partial charge in [-0.15, -0.1) is 0 Å². The summed E-state index contributed by atoms with van der Waals surface area (Å²) in [7, 11) is 0. The maximum Gasteiger partial charge on any atom is 0.341 e. The largest absolute Gasteiger partial charge is 0.459 e. The molecule has 0 heterocycles. The van der Waals surface area contributed by atoms with Crippen molar-refractivity contribution in [3.63, 3.8) is 0 Å². The number of carbonyl (C=O) groups excluding carboxylic acids is 2. The first kappa shape index (κ1) is 17.8. The third-order valence-corrected chi connectivity index (χ3v) is 1.83. The molecule has 0 bridgehead atoms. The van der Waals surface area contributed by atoms with E-state index < -0.39 is 41.8 Å². The molecular weight excluding hydrogens is 253 g/mol. The summed E-state index contributed by atoms with van der Waals surface area (Å²) in [5.41, 5.74) is 4.02. The van der Waals surface area contributed by atoms with E-state index in [1.54, 1.807) is 41.5 Å². The molecule has 0 aromatic rings. The summed E-state index contributed by atoms with van der Waals surface area (Å²) in [5.74, 6) is -1.76. The molecule has 0 radical (unpaired) electrons. The highest BCUT2D eigenvalue weighted by Gasteiger charge is 2.30. The first-order valence-electron chi connectivity index (χ1n) is 6.17. The van der Waals surface area contributed by atoms with E-state index >= 15 is 0 Å². The van der Waals surface area contributed by atoms with E-state index in [1.165, 1.54) is 0 Å². The quantitative estimate of drug-likeness (QED) is 0.792. The molecule has 2 atom stereocenters. The van der Waals surface area contributed by atoms with Crippen LogP contribution in [0, 0.1) is 0 Å². The highest BCUT2D eigenvalue weighted by molar-refractivity contribution is 5.79. The van der Waals surface area contributed by atoms with Gasteiger partial charge in [-0.3, -0.25) is 4.79 Å². The van der Waals surface area contributed by atoms with Gasteiger partial charge in [0, 0.05) is 6.42 Å². The highest BCUT2D eigenvalue weighted by Crippen LogP contribution is 2.14. The highest BCUT2D eigenvalue weighted by atomic mass is 19.1. The van der Waals surface area contributed by atoms with Gasteiger partial charge in [0.25, 0.3) is 0 Å². The van der Waals surface area contributed by atoms with Crippen LogP contribution in [-0.2, 0) is 19.1 Å². The van der Waals surface area contributed by atoms with E-state index in [2.05, 4.69) is 0 Å². The molecule has 0 aliphatic carbocycles. The minimum atomic E-state index is -1.94. The number of hydrogen-bond donors (Lipinski definition) is 1. The van der Waals surface area contributed by atoms with E-state index in [4.69, 9.17) is 15.2 Å². The molecule has 0 spiro atoms. The fraction of sp³-hybridized carbons (Fsp3) is 0.846. The molecule has 5 nitrogen and oxygen atoms in total. The molecule has 0 aromatic heterocycles. The summed E-state index contributed by atoms with van der Waals surface area (Å²) in [6.07, 6.45) is -2.40. The van der Waals surface area contributed by atoms with Crippen molar-refractivity contribution in [2.45, 2.75) is 71.4 Å². The summed E-state index contributed by atoms with van der Waals surface area (Å²) in [5, 5.41) is 0. The van der Waals surface area contributed by atoms with Crippen molar-refractivity contribution in [3.8, 4) is 0 Å². The van der Waals surface area contributed by atoms with Crippen LogP contribution in [0.3, 0.4) is 0 Å². The molecule has 0 fully saturated rings. The fourth-order valence-electron chi connectivity index (χ4n) is 1.16. The molecule has 0 rings (SSSR count). The van der Waals surface area contributed by atoms with Crippen LogP contribution in [0.25, 0.3) is 0 Å². The van der Waals surface area contributed by atoms with Crippen LogP contribution >= 0.6 is 0 Å². The number of carbonyl (C=O) groups is 2. The van der Waals surface area contributed by atoms with Gasteiger partial charge in [0.05, 0.1) is 0 Å². The third kappa shape index (κ3) is 8.53. The third-order valence-electron chi connectivity index (χ3n) is 1.83. The minimum absolute atomic E-state index is 0.455. The van der Waals surface area contributed by atoms with Crippen LogP contribution in [0.4, 0.5) is 4.39 Å². The lowest BCUT2D eigenvalue weighted by Crippen LogP contribution is -2.41. The van der Waals surface area contributed by atoms with E-state index in [1.807, 2.05) is 0 Å². The van der Waals surface area contributed by atoms with E-state index in [0.29, 0.717) is 0 Å². The van der Waals surface area contributed by atoms with Gasteiger partial charge in [-0.25, -0.2) is 9.18 Å². The van der Waals surface area contributed by atoms with Crippen LogP contribution in [-0.4, -0.2) is 35.4 Å². The van der Waals surface area contributed by atoms with Crippen molar-refractivity contribution in [2.24, 2.45) is 5.73 Å². The van der Waals surface area contributed by atoms with Gasteiger partial charge in [-0.1, -0.05) is 0 Å². The molecule has 6 heteroatoms. The molecule has 19 heavy (non-hydrogen) atoms. The van der Waals surface area contributed by atoms with Crippen molar-refractivity contribution >= 4 is 11.9 Å². The molecule has 0 aliphatic heterocycles. The Hall–Kier alpha value is -1.17. The van der Waals surface area contributed by atoms with Gasteiger partial charge in [0.1, 0.15) is 17.2 Å². The van der Waals surface area contributed by atoms with Crippen LogP contribution in [0.1, 0.15) is 48.0 Å². The van der Waals surface area contributed by atoms with Gasteiger partial charge < -0.3 is 15.2 Å². The number of hydrogen-bond acceptors (Lipinski definition) is 5. The van der Waals surface area contributed by atoms with Gasteiger partial charge >= 0.3 is 11.9 Å². The molecule has 0 saturated carbocycles. The number of nitrogens with two attached hydrogens (primary N) is 1. The summed E-state index contributed by atoms with van der Waals surface area (Å²) in [4.78, 5) is 22.9. The number of alkyl halides is 1. The van der Waals surface area contributed by atoms with Crippen molar-refractivity contribution in [3.05, 3.63) is 0 Å². The summed E-state index contributed by atoms with van der Waals surface area (Å²) in [6, 6.07) is -1.19. The fourth-order valence-corrected chi connectivity index (χ4v) is 1.16. The van der Waals surface area contributed by atoms with Crippen molar-refractivity contribution < 1.29 is 23.5 Å². The smallest absolute Gasteiger partial charge is 0.341 e. The Morgan fingerprint density at radius 2 is 1.37 bits per heavy atom. The van der Waals surface area contributed by atoms with Crippen LogP contribution in [0.5, 0.6) is 0 Å². The van der Waals surface area contributed by atoms with Gasteiger partial charge in [-0.2, -0.15) is 0 Å². The second kappa shape index (κ2) is 6.32. The van der Waals surface area contributed by atoms with E-state index in [-0.39, 0.29) is 0 Å². The number of halogens is 1. The molecule has 0 amide bonds. The second-order valence-electron chi connectivity index (χ2n) is 6.38. The monoisotopic (exact) mass is 277 g/mol. The van der Waals surface area contributed by atoms with Gasteiger partial charge in [-0.05, 0) is 41.5 Å². The topological polar surface area (TPSA) is 78.6 Å². The Balaban J connectivity index is 4.36. The zero-order valence-corrected chi connectivity index (χ0v) is 12.5. The molecule has 0 aromatic carbocycles. The number of ether oxygens (including phenoxy) is 2. The van der Waals surface area contributed by atoms with Gasteiger partial charge in [0.15, 0.2) is 6.17 Å². The average Bonchev–Trinajstić information content (AvgIpc) is 2.11. The summed E-state index contributed by atoms with van der Waals surface area (Å²) < 4.78 is 23.5. The lowest BCUT2D eigenvalue weighted by Gasteiger charge is -2.24. The summed E-state index contributed by atoms with van der Waals surface area (Å²) in [6.45, 7) is 9.93. The predicted octanol–water partition coefficient (Wildman–Crippen LogP) is 1.73. The normalized spacial score (nSPS) is 15.6. The van der Waals surface area contributed by atoms with E-state index in [0.717, 1.165) is 0 Å². The molecule has 112 valence electrons. The van der Waals surface area contributed by atoms with Crippen molar-refractivity contribution in [1.29, 1.82) is 0 Å². The SMILES string of the molecule is CC(C)(C)OC(=O)[C@H](N)C[C@@H](F)C(=O)OC(C)(C)C. The van der Waals surface area contributed by atoms with Crippen molar-refractivity contribution in [2.75, 3.05) is 0 Å². The zero-order valence-electron chi connectivity index (χ0n) is 12.5. The maximum absolute atomic E-state index is 13.6. The van der Waals surface area contributed by atoms with Crippen LogP contribution in [0.2, 0.25) is 0 Å². The second-order valence-corrected chi connectivity index (χ2v) is 6.38. The Bertz CT molecular complexity index is 299. The first-order chi connectivity index (χ1) is 8.32. The van der Waals surface area contributed by atoms with Crippen LogP contribution in [0.15, 0.2) is 0 Å². The Labute approximate surface area is 113 Å². The van der Waals surface area contributed by atoms with Crippen molar-refractivity contribution in [1.82, 2.24) is 0 Å². The van der Waals surface area contributed by atoms with E-state index in [9.17, 15) is 14.0 Å². The maximum atomic E-state index is 13.6. The van der Waals surface area contributed by atoms with Crippen LogP contribution < -0.4 is 5.73 Å². The minimum Gasteiger partial charge on any atom is -0.459 e. The first-order valence-corrected chi connectivity index (χ1v) is 6.17. The number of rotatable bonds is 4. The Morgan fingerprint density at radius 1 is 1.00 bits per heavy atom. The molecule has 2 N–H and O–H groups in total. The number of esters is 2. The molecule has 0 unspecified atom stereocenters.